The second-order valence-electron chi connectivity index (χ2n) is 2.02. The Morgan fingerprint density at radius 2 is 1.91 bits per heavy atom. The lowest BCUT2D eigenvalue weighted by molar-refractivity contribution is -0.130. The number of rotatable bonds is 2. The van der Waals surface area contributed by atoms with Gasteiger partial charge in [-0.05, 0) is 6.92 Å². The van der Waals surface area contributed by atoms with Gasteiger partial charge in [0.15, 0.2) is 0 Å². The molecule has 0 saturated heterocycles. The molecule has 6 heteroatoms. The lowest BCUT2D eigenvalue weighted by Gasteiger charge is -2.09. The van der Waals surface area contributed by atoms with Gasteiger partial charge in [-0.2, -0.15) is 5.48 Å². The van der Waals surface area contributed by atoms with E-state index in [1.165, 1.54) is 13.8 Å². The molecular weight excluding hydrogens is 150 g/mol. The first-order chi connectivity index (χ1) is 5.07. The van der Waals surface area contributed by atoms with E-state index in [4.69, 9.17) is 5.21 Å². The normalized spacial score (nSPS) is 11.9. The van der Waals surface area contributed by atoms with Crippen LogP contribution >= 0.6 is 0 Å². The third kappa shape index (κ3) is 4.29. The van der Waals surface area contributed by atoms with Crippen molar-refractivity contribution in [1.82, 2.24) is 16.3 Å². The Balaban J connectivity index is 3.60. The molecule has 0 aliphatic heterocycles. The van der Waals surface area contributed by atoms with Crippen molar-refractivity contribution in [2.24, 2.45) is 0 Å². The molecule has 6 nitrogen and oxygen atoms in total. The smallest absolute Gasteiger partial charge is 0.257 e. The molecule has 0 aliphatic carbocycles. The highest BCUT2D eigenvalue weighted by atomic mass is 16.5. The van der Waals surface area contributed by atoms with Crippen molar-refractivity contribution in [2.45, 2.75) is 19.9 Å². The Labute approximate surface area is 63.9 Å². The maximum atomic E-state index is 10.7. The van der Waals surface area contributed by atoms with E-state index in [1.807, 2.05) is 0 Å². The van der Waals surface area contributed by atoms with E-state index in [0.29, 0.717) is 0 Å². The minimum Gasteiger partial charge on any atom is -0.316 e. The van der Waals surface area contributed by atoms with Crippen LogP contribution in [0.1, 0.15) is 13.8 Å². The molecule has 0 fully saturated rings. The first-order valence-electron chi connectivity index (χ1n) is 3.04. The van der Waals surface area contributed by atoms with Crippen LogP contribution < -0.4 is 16.3 Å². The predicted molar refractivity (Wildman–Crippen MR) is 36.3 cm³/mol. The van der Waals surface area contributed by atoms with Gasteiger partial charge in [-0.3, -0.25) is 20.4 Å². The van der Waals surface area contributed by atoms with Crippen LogP contribution in [0.3, 0.4) is 0 Å². The summed E-state index contributed by atoms with van der Waals surface area (Å²) in [5.74, 6) is -0.883. The van der Waals surface area contributed by atoms with Crippen molar-refractivity contribution < 1.29 is 14.8 Å². The van der Waals surface area contributed by atoms with Crippen molar-refractivity contribution in [3.05, 3.63) is 0 Å². The van der Waals surface area contributed by atoms with Crippen LogP contribution in [0.4, 0.5) is 0 Å². The molecule has 11 heavy (non-hydrogen) atoms. The third-order valence-corrected chi connectivity index (χ3v) is 0.949. The van der Waals surface area contributed by atoms with Gasteiger partial charge in [-0.25, -0.2) is 0 Å². The quantitative estimate of drug-likeness (QED) is 0.372. The molecule has 0 rings (SSSR count). The molecule has 0 saturated carbocycles. The van der Waals surface area contributed by atoms with Gasteiger partial charge in [0.25, 0.3) is 5.91 Å². The fraction of sp³-hybridized carbons (Fsp3) is 0.600. The Morgan fingerprint density at radius 3 is 2.27 bits per heavy atom. The average Bonchev–Trinajstić information content (AvgIpc) is 1.98. The number of hydrazine groups is 1. The largest absolute Gasteiger partial charge is 0.316 e. The van der Waals surface area contributed by atoms with Gasteiger partial charge < -0.3 is 5.21 Å². The molecule has 0 aromatic rings. The molecule has 0 heterocycles. The molecule has 1 atom stereocenters. The van der Waals surface area contributed by atoms with Crippen LogP contribution in [0.25, 0.3) is 0 Å². The molecule has 0 aliphatic rings. The third-order valence-electron chi connectivity index (χ3n) is 0.949. The van der Waals surface area contributed by atoms with Crippen molar-refractivity contribution in [3.8, 4) is 0 Å². The number of carbonyl (C=O) groups excluding carboxylic acids is 2. The summed E-state index contributed by atoms with van der Waals surface area (Å²) in [5.41, 5.74) is 5.87. The van der Waals surface area contributed by atoms with E-state index in [0.717, 1.165) is 0 Å². The van der Waals surface area contributed by atoms with E-state index in [9.17, 15) is 9.59 Å². The SMILES string of the molecule is CC(=O)NNC(=O)[C@H](C)NO. The van der Waals surface area contributed by atoms with Crippen molar-refractivity contribution >= 4 is 11.8 Å². The van der Waals surface area contributed by atoms with Gasteiger partial charge in [0, 0.05) is 6.92 Å². The minimum absolute atomic E-state index is 0.372. The molecule has 2 amide bonds. The molecule has 0 spiro atoms. The lowest BCUT2D eigenvalue weighted by Crippen LogP contribution is -2.48. The number of hydrogen-bond donors (Lipinski definition) is 4. The Morgan fingerprint density at radius 1 is 1.36 bits per heavy atom. The molecule has 64 valence electrons. The Bertz CT molecular complexity index is 159. The van der Waals surface area contributed by atoms with Crippen LogP contribution in [0.2, 0.25) is 0 Å². The van der Waals surface area contributed by atoms with Crippen molar-refractivity contribution in [1.29, 1.82) is 0 Å². The number of amides is 2. The van der Waals surface area contributed by atoms with Gasteiger partial charge in [0.05, 0.1) is 0 Å². The predicted octanol–water partition coefficient (Wildman–Crippen LogP) is -1.48. The van der Waals surface area contributed by atoms with E-state index in [1.54, 1.807) is 5.48 Å². The van der Waals surface area contributed by atoms with E-state index in [2.05, 4.69) is 10.9 Å². The average molecular weight is 161 g/mol. The van der Waals surface area contributed by atoms with Crippen LogP contribution in [0, 0.1) is 0 Å². The van der Waals surface area contributed by atoms with Crippen LogP contribution in [0.5, 0.6) is 0 Å². The summed E-state index contributed by atoms with van der Waals surface area (Å²) in [6, 6.07) is -0.748. The second-order valence-corrected chi connectivity index (χ2v) is 2.02. The summed E-state index contributed by atoms with van der Waals surface area (Å²) < 4.78 is 0. The molecule has 0 aromatic heterocycles. The Kier molecular flexibility index (Phi) is 4.16. The summed E-state index contributed by atoms with van der Waals surface area (Å²) >= 11 is 0. The summed E-state index contributed by atoms with van der Waals surface area (Å²) in [5, 5.41) is 8.25. The molecule has 0 bridgehead atoms. The topological polar surface area (TPSA) is 90.5 Å². The van der Waals surface area contributed by atoms with Crippen molar-refractivity contribution in [3.63, 3.8) is 0 Å². The maximum absolute atomic E-state index is 10.7. The van der Waals surface area contributed by atoms with Crippen molar-refractivity contribution in [2.75, 3.05) is 0 Å². The second kappa shape index (κ2) is 4.64. The number of hydroxylamine groups is 1. The van der Waals surface area contributed by atoms with Gasteiger partial charge >= 0.3 is 0 Å². The molecular formula is C5H11N3O3. The molecule has 0 radical (unpaired) electrons. The standard InChI is InChI=1S/C5H11N3O3/c1-3(8-11)5(10)7-6-4(2)9/h3,8,11H,1-2H3,(H,6,9)(H,7,10)/t3-/m0/s1. The highest BCUT2D eigenvalue weighted by Gasteiger charge is 2.09. The van der Waals surface area contributed by atoms with Gasteiger partial charge in [-0.15, -0.1) is 0 Å². The fourth-order valence-electron chi connectivity index (χ4n) is 0.316. The van der Waals surface area contributed by atoms with Gasteiger partial charge in [0.2, 0.25) is 5.91 Å². The summed E-state index contributed by atoms with van der Waals surface area (Å²) in [6.45, 7) is 2.70. The van der Waals surface area contributed by atoms with E-state index >= 15 is 0 Å². The van der Waals surface area contributed by atoms with Crippen LogP contribution in [-0.2, 0) is 9.59 Å². The molecule has 4 N–H and O–H groups in total. The number of hydrogen-bond acceptors (Lipinski definition) is 4. The number of nitrogens with one attached hydrogen (secondary N) is 3. The van der Waals surface area contributed by atoms with Crippen LogP contribution in [0.15, 0.2) is 0 Å². The summed E-state index contributed by atoms with van der Waals surface area (Å²) in [7, 11) is 0. The van der Waals surface area contributed by atoms with E-state index in [-0.39, 0.29) is 5.91 Å². The molecule has 0 unspecified atom stereocenters. The zero-order valence-electron chi connectivity index (χ0n) is 6.34. The maximum Gasteiger partial charge on any atom is 0.257 e. The van der Waals surface area contributed by atoms with Gasteiger partial charge in [0.1, 0.15) is 6.04 Å². The highest BCUT2D eigenvalue weighted by molar-refractivity contribution is 5.84. The summed E-state index contributed by atoms with van der Waals surface area (Å²) in [4.78, 5) is 21.0. The zero-order chi connectivity index (χ0) is 8.85. The highest BCUT2D eigenvalue weighted by Crippen LogP contribution is 1.75. The molecule has 0 aromatic carbocycles. The zero-order valence-corrected chi connectivity index (χ0v) is 6.34. The van der Waals surface area contributed by atoms with E-state index < -0.39 is 11.9 Å². The minimum atomic E-state index is -0.748. The number of carbonyl (C=O) groups is 2. The van der Waals surface area contributed by atoms with Crippen LogP contribution in [-0.4, -0.2) is 23.1 Å². The first kappa shape index (κ1) is 9.86. The fourth-order valence-corrected chi connectivity index (χ4v) is 0.316. The Hall–Kier alpha value is -1.14. The van der Waals surface area contributed by atoms with Gasteiger partial charge in [-0.1, -0.05) is 0 Å². The first-order valence-corrected chi connectivity index (χ1v) is 3.04. The summed E-state index contributed by atoms with van der Waals surface area (Å²) in [6.07, 6.45) is 0. The lowest BCUT2D eigenvalue weighted by atomic mass is 10.3. The monoisotopic (exact) mass is 161 g/mol.